The van der Waals surface area contributed by atoms with Gasteiger partial charge >= 0.3 is 0 Å². The van der Waals surface area contributed by atoms with Crippen LogP contribution < -0.4 is 5.32 Å². The summed E-state index contributed by atoms with van der Waals surface area (Å²) in [5.41, 5.74) is 2.73. The molecule has 18 heavy (non-hydrogen) atoms. The third-order valence-corrected chi connectivity index (χ3v) is 4.37. The topological polar surface area (TPSA) is 46.2 Å². The van der Waals surface area contributed by atoms with Crippen LogP contribution in [0.15, 0.2) is 24.3 Å². The molecule has 0 heterocycles. The minimum atomic E-state index is -2.90. The van der Waals surface area contributed by atoms with Crippen LogP contribution in [0.1, 0.15) is 36.8 Å². The molecule has 2 rings (SSSR count). The van der Waals surface area contributed by atoms with Crippen molar-refractivity contribution >= 4 is 9.84 Å². The van der Waals surface area contributed by atoms with E-state index >= 15 is 0 Å². The SMILES string of the molecule is CC(CS(C)(=O)=O)NCc1ccccc1C1CC1. The molecule has 0 aromatic heterocycles. The second-order valence-electron chi connectivity index (χ2n) is 5.35. The average Bonchev–Trinajstić information content (AvgIpc) is 3.08. The van der Waals surface area contributed by atoms with Gasteiger partial charge in [0.15, 0.2) is 0 Å². The van der Waals surface area contributed by atoms with Crippen LogP contribution in [-0.2, 0) is 16.4 Å². The monoisotopic (exact) mass is 267 g/mol. The summed E-state index contributed by atoms with van der Waals surface area (Å²) >= 11 is 0. The lowest BCUT2D eigenvalue weighted by Crippen LogP contribution is -2.32. The molecule has 3 nitrogen and oxygen atoms in total. The highest BCUT2D eigenvalue weighted by molar-refractivity contribution is 7.90. The standard InChI is InChI=1S/C14H21NO2S/c1-11(10-18(2,16)17)15-9-13-5-3-4-6-14(13)12-7-8-12/h3-6,11-12,15H,7-10H2,1-2H3. The maximum Gasteiger partial charge on any atom is 0.148 e. The molecule has 0 aliphatic heterocycles. The Labute approximate surface area is 110 Å². The van der Waals surface area contributed by atoms with Gasteiger partial charge in [-0.3, -0.25) is 0 Å². The molecular formula is C14H21NO2S. The Morgan fingerprint density at radius 3 is 2.61 bits per heavy atom. The Bertz CT molecular complexity index is 506. The van der Waals surface area contributed by atoms with E-state index in [0.717, 1.165) is 12.5 Å². The number of hydrogen-bond donors (Lipinski definition) is 1. The zero-order valence-corrected chi connectivity index (χ0v) is 11.8. The molecule has 1 aliphatic carbocycles. The van der Waals surface area contributed by atoms with Gasteiger partial charge in [0.2, 0.25) is 0 Å². The van der Waals surface area contributed by atoms with E-state index in [1.54, 1.807) is 0 Å². The van der Waals surface area contributed by atoms with Crippen molar-refractivity contribution in [1.82, 2.24) is 5.32 Å². The first-order chi connectivity index (χ1) is 8.46. The van der Waals surface area contributed by atoms with Crippen molar-refractivity contribution in [2.24, 2.45) is 0 Å². The Hall–Kier alpha value is -0.870. The minimum Gasteiger partial charge on any atom is -0.309 e. The van der Waals surface area contributed by atoms with Crippen LogP contribution >= 0.6 is 0 Å². The van der Waals surface area contributed by atoms with Crippen LogP contribution in [0.2, 0.25) is 0 Å². The maximum absolute atomic E-state index is 11.2. The van der Waals surface area contributed by atoms with Crippen molar-refractivity contribution in [3.63, 3.8) is 0 Å². The lowest BCUT2D eigenvalue weighted by atomic mass is 10.0. The molecule has 1 saturated carbocycles. The molecule has 0 amide bonds. The fourth-order valence-electron chi connectivity index (χ4n) is 2.29. The predicted molar refractivity (Wildman–Crippen MR) is 74.4 cm³/mol. The van der Waals surface area contributed by atoms with Crippen molar-refractivity contribution in [3.05, 3.63) is 35.4 Å². The fraction of sp³-hybridized carbons (Fsp3) is 0.571. The summed E-state index contributed by atoms with van der Waals surface area (Å²) < 4.78 is 22.4. The second-order valence-corrected chi connectivity index (χ2v) is 7.53. The average molecular weight is 267 g/mol. The molecule has 1 N–H and O–H groups in total. The maximum atomic E-state index is 11.2. The van der Waals surface area contributed by atoms with Crippen molar-refractivity contribution in [3.8, 4) is 0 Å². The van der Waals surface area contributed by atoms with Gasteiger partial charge in [-0.2, -0.15) is 0 Å². The van der Waals surface area contributed by atoms with Crippen LogP contribution in [0.25, 0.3) is 0 Å². The number of rotatable bonds is 6. The summed E-state index contributed by atoms with van der Waals surface area (Å²) in [5, 5.41) is 3.30. The molecule has 1 aromatic carbocycles. The van der Waals surface area contributed by atoms with E-state index in [0.29, 0.717) is 0 Å². The normalized spacial score (nSPS) is 17.7. The highest BCUT2D eigenvalue weighted by atomic mass is 32.2. The molecule has 0 spiro atoms. The molecule has 0 saturated heterocycles. The van der Waals surface area contributed by atoms with Crippen LogP contribution in [0.5, 0.6) is 0 Å². The minimum absolute atomic E-state index is 0.00717. The lowest BCUT2D eigenvalue weighted by Gasteiger charge is -2.15. The first-order valence-corrected chi connectivity index (χ1v) is 8.50. The van der Waals surface area contributed by atoms with E-state index in [-0.39, 0.29) is 11.8 Å². The fourth-order valence-corrected chi connectivity index (χ4v) is 3.31. The van der Waals surface area contributed by atoms with Crippen molar-refractivity contribution in [1.29, 1.82) is 0 Å². The molecule has 1 unspecified atom stereocenters. The van der Waals surface area contributed by atoms with Gasteiger partial charge < -0.3 is 5.32 Å². The summed E-state index contributed by atoms with van der Waals surface area (Å²) in [4.78, 5) is 0. The first kappa shape index (κ1) is 13.6. The van der Waals surface area contributed by atoms with E-state index in [1.165, 1.54) is 30.2 Å². The van der Waals surface area contributed by atoms with Gasteiger partial charge in [0, 0.05) is 18.8 Å². The molecule has 1 atom stereocenters. The van der Waals surface area contributed by atoms with E-state index in [2.05, 4.69) is 23.5 Å². The summed E-state index contributed by atoms with van der Waals surface area (Å²) in [6, 6.07) is 8.44. The lowest BCUT2D eigenvalue weighted by molar-refractivity contribution is 0.559. The number of nitrogens with one attached hydrogen (secondary N) is 1. The number of hydrogen-bond acceptors (Lipinski definition) is 3. The van der Waals surface area contributed by atoms with Crippen LogP contribution in [0.4, 0.5) is 0 Å². The molecule has 1 aliphatic rings. The summed E-state index contributed by atoms with van der Waals surface area (Å²) in [5.74, 6) is 0.923. The molecule has 0 radical (unpaired) electrons. The van der Waals surface area contributed by atoms with E-state index in [9.17, 15) is 8.42 Å². The van der Waals surface area contributed by atoms with Gasteiger partial charge in [-0.25, -0.2) is 8.42 Å². The van der Waals surface area contributed by atoms with Crippen LogP contribution in [-0.4, -0.2) is 26.5 Å². The Kier molecular flexibility index (Phi) is 4.07. The van der Waals surface area contributed by atoms with Gasteiger partial charge in [-0.05, 0) is 36.8 Å². The smallest absolute Gasteiger partial charge is 0.148 e. The van der Waals surface area contributed by atoms with Gasteiger partial charge in [-0.15, -0.1) is 0 Å². The quantitative estimate of drug-likeness (QED) is 0.858. The Morgan fingerprint density at radius 2 is 2.00 bits per heavy atom. The highest BCUT2D eigenvalue weighted by Gasteiger charge is 2.25. The van der Waals surface area contributed by atoms with Gasteiger partial charge in [0.25, 0.3) is 0 Å². The summed E-state index contributed by atoms with van der Waals surface area (Å²) in [7, 11) is -2.90. The third kappa shape index (κ3) is 4.10. The predicted octanol–water partition coefficient (Wildman–Crippen LogP) is 2.09. The van der Waals surface area contributed by atoms with Crippen LogP contribution in [0.3, 0.4) is 0 Å². The zero-order valence-electron chi connectivity index (χ0n) is 11.0. The largest absolute Gasteiger partial charge is 0.309 e. The Morgan fingerprint density at radius 1 is 1.33 bits per heavy atom. The zero-order chi connectivity index (χ0) is 13.2. The number of benzene rings is 1. The summed E-state index contributed by atoms with van der Waals surface area (Å²) in [6.07, 6.45) is 3.86. The first-order valence-electron chi connectivity index (χ1n) is 6.44. The third-order valence-electron chi connectivity index (χ3n) is 3.27. The molecule has 1 aromatic rings. The van der Waals surface area contributed by atoms with Gasteiger partial charge in [-0.1, -0.05) is 24.3 Å². The van der Waals surface area contributed by atoms with Crippen LogP contribution in [0, 0.1) is 0 Å². The van der Waals surface area contributed by atoms with E-state index in [4.69, 9.17) is 0 Å². The number of sulfone groups is 1. The van der Waals surface area contributed by atoms with E-state index in [1.807, 2.05) is 13.0 Å². The molecule has 1 fully saturated rings. The molecular weight excluding hydrogens is 246 g/mol. The Balaban J connectivity index is 1.94. The molecule has 0 bridgehead atoms. The molecule has 100 valence electrons. The van der Waals surface area contributed by atoms with Crippen molar-refractivity contribution < 1.29 is 8.42 Å². The van der Waals surface area contributed by atoms with Crippen molar-refractivity contribution in [2.75, 3.05) is 12.0 Å². The highest BCUT2D eigenvalue weighted by Crippen LogP contribution is 2.41. The summed E-state index contributed by atoms with van der Waals surface area (Å²) in [6.45, 7) is 2.67. The second kappa shape index (κ2) is 5.41. The van der Waals surface area contributed by atoms with Crippen molar-refractivity contribution in [2.45, 2.75) is 38.3 Å². The van der Waals surface area contributed by atoms with Gasteiger partial charge in [0.05, 0.1) is 5.75 Å². The van der Waals surface area contributed by atoms with Gasteiger partial charge in [0.1, 0.15) is 9.84 Å². The molecule has 4 heteroatoms. The van der Waals surface area contributed by atoms with E-state index < -0.39 is 9.84 Å².